The summed E-state index contributed by atoms with van der Waals surface area (Å²) >= 11 is 6.40. The minimum atomic E-state index is -0.971. The molecule has 1 saturated carbocycles. The number of anilines is 1. The van der Waals surface area contributed by atoms with Gasteiger partial charge in [0.2, 0.25) is 0 Å². The van der Waals surface area contributed by atoms with Crippen LogP contribution in [0.1, 0.15) is 25.7 Å². The molecular formula is C25H29ClN6O4. The largest absolute Gasteiger partial charge is 0.488 e. The summed E-state index contributed by atoms with van der Waals surface area (Å²) < 4.78 is 13.4. The zero-order chi connectivity index (χ0) is 24.9. The standard InChI is InChI=1S/C25H29ClN6O4/c26-24-23(36-15-17-1-3-19(4-2-17)30-25(33)34)22(27-16-28-24)18-13-29-32(14-18)21-7-5-20(6-8-21)31-9-11-35-12-10-31/h5-8,13-14,16-17,19,30H,1-4,9-12,15H2,(H,33,34)/t17-,19+. The second kappa shape index (κ2) is 11.1. The van der Waals surface area contributed by atoms with Crippen molar-refractivity contribution in [2.45, 2.75) is 31.7 Å². The number of hydrogen-bond donors (Lipinski definition) is 2. The third-order valence-electron chi connectivity index (χ3n) is 6.74. The van der Waals surface area contributed by atoms with Crippen LogP contribution in [0, 0.1) is 5.92 Å². The smallest absolute Gasteiger partial charge is 0.404 e. The summed E-state index contributed by atoms with van der Waals surface area (Å²) in [5.74, 6) is 0.751. The molecule has 0 bridgehead atoms. The van der Waals surface area contributed by atoms with Crippen molar-refractivity contribution in [3.8, 4) is 22.7 Å². The van der Waals surface area contributed by atoms with E-state index in [2.05, 4.69) is 37.4 Å². The minimum absolute atomic E-state index is 0.00623. The number of aromatic nitrogens is 4. The second-order valence-corrected chi connectivity index (χ2v) is 9.47. The average Bonchev–Trinajstić information content (AvgIpc) is 3.39. The topological polar surface area (TPSA) is 115 Å². The Hall–Kier alpha value is -3.37. The van der Waals surface area contributed by atoms with Gasteiger partial charge in [0, 0.05) is 36.6 Å². The van der Waals surface area contributed by atoms with Crippen LogP contribution in [0.25, 0.3) is 16.9 Å². The van der Waals surface area contributed by atoms with Gasteiger partial charge in [0.25, 0.3) is 0 Å². The van der Waals surface area contributed by atoms with Crippen LogP contribution in [0.3, 0.4) is 0 Å². The summed E-state index contributed by atoms with van der Waals surface area (Å²) in [6.07, 6.45) is 7.44. The van der Waals surface area contributed by atoms with Crippen molar-refractivity contribution in [1.29, 1.82) is 0 Å². The molecule has 2 fully saturated rings. The molecule has 1 aliphatic carbocycles. The van der Waals surface area contributed by atoms with Gasteiger partial charge in [0.1, 0.15) is 12.0 Å². The molecular weight excluding hydrogens is 484 g/mol. The normalized spacial score (nSPS) is 20.2. The van der Waals surface area contributed by atoms with Crippen molar-refractivity contribution in [3.05, 3.63) is 48.1 Å². The number of nitrogens with zero attached hydrogens (tertiary/aromatic N) is 5. The fourth-order valence-electron chi connectivity index (χ4n) is 4.76. The number of amides is 1. The van der Waals surface area contributed by atoms with Crippen molar-refractivity contribution in [1.82, 2.24) is 25.1 Å². The third kappa shape index (κ3) is 5.71. The molecule has 1 aromatic carbocycles. The highest BCUT2D eigenvalue weighted by atomic mass is 35.5. The molecule has 190 valence electrons. The van der Waals surface area contributed by atoms with Gasteiger partial charge < -0.3 is 24.8 Å². The van der Waals surface area contributed by atoms with Crippen molar-refractivity contribution < 1.29 is 19.4 Å². The van der Waals surface area contributed by atoms with Crippen molar-refractivity contribution >= 4 is 23.4 Å². The molecule has 36 heavy (non-hydrogen) atoms. The first-order valence-corrected chi connectivity index (χ1v) is 12.6. The molecule has 1 amide bonds. The third-order valence-corrected chi connectivity index (χ3v) is 7.01. The fourth-order valence-corrected chi connectivity index (χ4v) is 4.95. The summed E-state index contributed by atoms with van der Waals surface area (Å²) in [4.78, 5) is 21.7. The van der Waals surface area contributed by atoms with Gasteiger partial charge in [-0.05, 0) is 55.9 Å². The van der Waals surface area contributed by atoms with Crippen LogP contribution in [-0.4, -0.2) is 69.9 Å². The van der Waals surface area contributed by atoms with Crippen molar-refractivity contribution in [3.63, 3.8) is 0 Å². The van der Waals surface area contributed by atoms with Gasteiger partial charge in [-0.3, -0.25) is 0 Å². The predicted molar refractivity (Wildman–Crippen MR) is 135 cm³/mol. The predicted octanol–water partition coefficient (Wildman–Crippen LogP) is 4.02. The Kier molecular flexibility index (Phi) is 7.52. The van der Waals surface area contributed by atoms with Crippen LogP contribution in [0.2, 0.25) is 5.15 Å². The summed E-state index contributed by atoms with van der Waals surface area (Å²) in [5, 5.41) is 16.3. The number of carboxylic acid groups (broad SMARTS) is 1. The van der Waals surface area contributed by atoms with Crippen LogP contribution in [-0.2, 0) is 4.74 Å². The zero-order valence-electron chi connectivity index (χ0n) is 19.8. The molecule has 0 radical (unpaired) electrons. The van der Waals surface area contributed by atoms with Gasteiger partial charge in [-0.1, -0.05) is 11.6 Å². The summed E-state index contributed by atoms with van der Waals surface area (Å²) in [6.45, 7) is 3.75. The Balaban J connectivity index is 1.26. The second-order valence-electron chi connectivity index (χ2n) is 9.11. The number of morpholine rings is 1. The van der Waals surface area contributed by atoms with Crippen LogP contribution >= 0.6 is 11.6 Å². The minimum Gasteiger partial charge on any atom is -0.488 e. The molecule has 3 aromatic rings. The van der Waals surface area contributed by atoms with E-state index in [9.17, 15) is 4.79 Å². The maximum absolute atomic E-state index is 10.9. The Morgan fingerprint density at radius 2 is 1.83 bits per heavy atom. The highest BCUT2D eigenvalue weighted by Crippen LogP contribution is 2.34. The Morgan fingerprint density at radius 3 is 2.56 bits per heavy atom. The van der Waals surface area contributed by atoms with E-state index in [0.717, 1.165) is 63.2 Å². The maximum atomic E-state index is 10.9. The lowest BCUT2D eigenvalue weighted by molar-refractivity contribution is 0.122. The lowest BCUT2D eigenvalue weighted by Gasteiger charge is -2.28. The van der Waals surface area contributed by atoms with E-state index >= 15 is 0 Å². The zero-order valence-corrected chi connectivity index (χ0v) is 20.6. The molecule has 0 atom stereocenters. The summed E-state index contributed by atoms with van der Waals surface area (Å²) in [7, 11) is 0. The lowest BCUT2D eigenvalue weighted by Crippen LogP contribution is -2.37. The number of rotatable bonds is 7. The number of nitrogens with one attached hydrogen (secondary N) is 1. The van der Waals surface area contributed by atoms with Gasteiger partial charge in [-0.15, -0.1) is 0 Å². The molecule has 2 aromatic heterocycles. The van der Waals surface area contributed by atoms with E-state index in [4.69, 9.17) is 26.2 Å². The van der Waals surface area contributed by atoms with Crippen LogP contribution < -0.4 is 15.0 Å². The maximum Gasteiger partial charge on any atom is 0.404 e. The Bertz CT molecular complexity index is 1170. The summed E-state index contributed by atoms with van der Waals surface area (Å²) in [5.41, 5.74) is 3.47. The Morgan fingerprint density at radius 1 is 1.11 bits per heavy atom. The molecule has 0 unspecified atom stereocenters. The number of hydrogen-bond acceptors (Lipinski definition) is 7. The molecule has 0 spiro atoms. The highest BCUT2D eigenvalue weighted by Gasteiger charge is 2.24. The van der Waals surface area contributed by atoms with Crippen LogP contribution in [0.15, 0.2) is 43.0 Å². The molecule has 2 aliphatic rings. The van der Waals surface area contributed by atoms with Crippen molar-refractivity contribution in [2.24, 2.45) is 5.92 Å². The molecule has 3 heterocycles. The van der Waals surface area contributed by atoms with Gasteiger partial charge in [0.15, 0.2) is 10.9 Å². The number of ether oxygens (including phenoxy) is 2. The SMILES string of the molecule is O=C(O)N[C@H]1CC[C@@H](COc2c(Cl)ncnc2-c2cnn(-c3ccc(N4CCOCC4)cc3)c2)CC1. The molecule has 1 aliphatic heterocycles. The first kappa shape index (κ1) is 24.3. The van der Waals surface area contributed by atoms with E-state index in [0.29, 0.717) is 24.0 Å². The first-order chi connectivity index (χ1) is 17.6. The first-order valence-electron chi connectivity index (χ1n) is 12.2. The van der Waals surface area contributed by atoms with E-state index in [-0.39, 0.29) is 11.2 Å². The van der Waals surface area contributed by atoms with Crippen LogP contribution in [0.4, 0.5) is 10.5 Å². The van der Waals surface area contributed by atoms with Gasteiger partial charge in [0.05, 0.1) is 31.7 Å². The van der Waals surface area contributed by atoms with E-state index in [1.807, 2.05) is 18.3 Å². The number of halogens is 1. The monoisotopic (exact) mass is 512 g/mol. The quantitative estimate of drug-likeness (QED) is 0.456. The van der Waals surface area contributed by atoms with Crippen LogP contribution in [0.5, 0.6) is 5.75 Å². The van der Waals surface area contributed by atoms with Gasteiger partial charge in [-0.25, -0.2) is 19.4 Å². The fraction of sp³-hybridized carbons (Fsp3) is 0.440. The summed E-state index contributed by atoms with van der Waals surface area (Å²) in [6, 6.07) is 8.28. The van der Waals surface area contributed by atoms with Gasteiger partial charge in [-0.2, -0.15) is 5.10 Å². The van der Waals surface area contributed by atoms with E-state index < -0.39 is 6.09 Å². The number of carbonyl (C=O) groups is 1. The lowest BCUT2D eigenvalue weighted by atomic mass is 9.86. The highest BCUT2D eigenvalue weighted by molar-refractivity contribution is 6.31. The molecule has 11 heteroatoms. The Labute approximate surface area is 214 Å². The molecule has 10 nitrogen and oxygen atoms in total. The number of benzene rings is 1. The molecule has 1 saturated heterocycles. The average molecular weight is 513 g/mol. The molecule has 5 rings (SSSR count). The van der Waals surface area contributed by atoms with Crippen molar-refractivity contribution in [2.75, 3.05) is 37.8 Å². The molecule has 2 N–H and O–H groups in total. The van der Waals surface area contributed by atoms with E-state index in [1.165, 1.54) is 12.0 Å². The van der Waals surface area contributed by atoms with E-state index in [1.54, 1.807) is 10.9 Å². The van der Waals surface area contributed by atoms with Gasteiger partial charge >= 0.3 is 6.09 Å².